The molecule has 3 N–H and O–H groups in total. The number of halogens is 1. The first-order valence-electron chi connectivity index (χ1n) is 8.51. The lowest BCUT2D eigenvalue weighted by Crippen LogP contribution is -2.27. The van der Waals surface area contributed by atoms with Gasteiger partial charge in [-0.25, -0.2) is 0 Å². The van der Waals surface area contributed by atoms with E-state index in [1.807, 2.05) is 50.5 Å². The molecule has 1 aromatic heterocycles. The summed E-state index contributed by atoms with van der Waals surface area (Å²) in [6.45, 7) is 0.664. The van der Waals surface area contributed by atoms with Crippen molar-refractivity contribution in [3.8, 4) is 0 Å². The molecule has 6 nitrogen and oxygen atoms in total. The van der Waals surface area contributed by atoms with Gasteiger partial charge in [-0.05, 0) is 56.1 Å². The maximum Gasteiger partial charge on any atom is 0.267 e. The average molecular weight is 385 g/mol. The second kappa shape index (κ2) is 8.24. The molecule has 140 valence electrons. The summed E-state index contributed by atoms with van der Waals surface area (Å²) in [5.74, 6) is -0.290. The smallest absolute Gasteiger partial charge is 0.267 e. The standard InChI is InChI=1S/C20H21ClN4O2/c1-25(2)12-19(26)23-16-5-3-4-13(8-16)11-22-20(27)18-10-14-9-15(21)6-7-17(14)24-18/h3-10,24H,11-12H2,1-2H3,(H,22,27)(H,23,26). The zero-order valence-electron chi connectivity index (χ0n) is 15.2. The normalized spacial score (nSPS) is 11.0. The van der Waals surface area contributed by atoms with Gasteiger partial charge in [-0.3, -0.25) is 9.59 Å². The van der Waals surface area contributed by atoms with Gasteiger partial charge in [0, 0.05) is 28.2 Å². The van der Waals surface area contributed by atoms with Gasteiger partial charge in [0.2, 0.25) is 5.91 Å². The van der Waals surface area contributed by atoms with Crippen LogP contribution >= 0.6 is 11.6 Å². The highest BCUT2D eigenvalue weighted by Crippen LogP contribution is 2.20. The van der Waals surface area contributed by atoms with Crippen LogP contribution in [0.3, 0.4) is 0 Å². The van der Waals surface area contributed by atoms with E-state index in [1.165, 1.54) is 0 Å². The number of H-pyrrole nitrogens is 1. The van der Waals surface area contributed by atoms with Gasteiger partial charge in [0.25, 0.3) is 5.91 Å². The number of carbonyl (C=O) groups excluding carboxylic acids is 2. The van der Waals surface area contributed by atoms with Gasteiger partial charge in [-0.1, -0.05) is 23.7 Å². The van der Waals surface area contributed by atoms with E-state index in [2.05, 4.69) is 15.6 Å². The molecule has 7 heteroatoms. The number of benzene rings is 2. The van der Waals surface area contributed by atoms with Crippen LogP contribution in [-0.2, 0) is 11.3 Å². The summed E-state index contributed by atoms with van der Waals surface area (Å²) in [6.07, 6.45) is 0. The number of hydrogen-bond donors (Lipinski definition) is 3. The summed E-state index contributed by atoms with van der Waals surface area (Å²) in [4.78, 5) is 29.1. The second-order valence-corrected chi connectivity index (χ2v) is 7.02. The van der Waals surface area contributed by atoms with Crippen LogP contribution in [0, 0.1) is 0 Å². The summed E-state index contributed by atoms with van der Waals surface area (Å²) in [5.41, 5.74) is 2.93. The van der Waals surface area contributed by atoms with Gasteiger partial charge in [-0.2, -0.15) is 0 Å². The number of anilines is 1. The molecule has 2 amide bonds. The van der Waals surface area contributed by atoms with Crippen LogP contribution in [0.25, 0.3) is 10.9 Å². The highest BCUT2D eigenvalue weighted by Gasteiger charge is 2.10. The zero-order valence-corrected chi connectivity index (χ0v) is 15.9. The van der Waals surface area contributed by atoms with Gasteiger partial charge in [-0.15, -0.1) is 0 Å². The fraction of sp³-hybridized carbons (Fsp3) is 0.200. The lowest BCUT2D eigenvalue weighted by Gasteiger charge is -2.11. The van der Waals surface area contributed by atoms with Gasteiger partial charge in [0.1, 0.15) is 5.69 Å². The number of aromatic amines is 1. The summed E-state index contributed by atoms with van der Waals surface area (Å²) >= 11 is 5.98. The average Bonchev–Trinajstić information content (AvgIpc) is 3.02. The minimum absolute atomic E-state index is 0.0853. The van der Waals surface area contributed by atoms with Crippen LogP contribution in [0.2, 0.25) is 5.02 Å². The van der Waals surface area contributed by atoms with Crippen molar-refractivity contribution in [2.24, 2.45) is 0 Å². The van der Waals surface area contributed by atoms with E-state index >= 15 is 0 Å². The zero-order chi connectivity index (χ0) is 19.4. The largest absolute Gasteiger partial charge is 0.351 e. The Balaban J connectivity index is 1.62. The van der Waals surface area contributed by atoms with Gasteiger partial charge >= 0.3 is 0 Å². The van der Waals surface area contributed by atoms with E-state index in [9.17, 15) is 9.59 Å². The first-order valence-corrected chi connectivity index (χ1v) is 8.88. The Morgan fingerprint density at radius 1 is 1.11 bits per heavy atom. The van der Waals surface area contributed by atoms with Crippen molar-refractivity contribution in [2.75, 3.05) is 26.0 Å². The lowest BCUT2D eigenvalue weighted by atomic mass is 10.2. The van der Waals surface area contributed by atoms with Crippen molar-refractivity contribution in [1.82, 2.24) is 15.2 Å². The number of hydrogen-bond acceptors (Lipinski definition) is 3. The lowest BCUT2D eigenvalue weighted by molar-refractivity contribution is -0.116. The van der Waals surface area contributed by atoms with Crippen LogP contribution in [0.15, 0.2) is 48.5 Å². The van der Waals surface area contributed by atoms with E-state index in [0.717, 1.165) is 16.5 Å². The molecular formula is C20H21ClN4O2. The Hall–Kier alpha value is -2.83. The topological polar surface area (TPSA) is 77.2 Å². The molecule has 0 atom stereocenters. The molecule has 2 aromatic carbocycles. The number of amides is 2. The van der Waals surface area contributed by atoms with Crippen molar-refractivity contribution in [1.29, 1.82) is 0 Å². The number of fused-ring (bicyclic) bond motifs is 1. The van der Waals surface area contributed by atoms with E-state index in [1.54, 1.807) is 17.0 Å². The monoisotopic (exact) mass is 384 g/mol. The van der Waals surface area contributed by atoms with Crippen LogP contribution < -0.4 is 10.6 Å². The Bertz CT molecular complexity index is 981. The minimum atomic E-state index is -0.204. The van der Waals surface area contributed by atoms with Crippen molar-refractivity contribution < 1.29 is 9.59 Å². The van der Waals surface area contributed by atoms with Crippen molar-refractivity contribution >= 4 is 40.0 Å². The first-order chi connectivity index (χ1) is 12.9. The Labute approximate surface area is 162 Å². The fourth-order valence-electron chi connectivity index (χ4n) is 2.75. The quantitative estimate of drug-likeness (QED) is 0.610. The van der Waals surface area contributed by atoms with Crippen molar-refractivity contribution in [3.63, 3.8) is 0 Å². The third kappa shape index (κ3) is 5.09. The molecule has 1 heterocycles. The molecule has 0 radical (unpaired) electrons. The molecule has 0 aliphatic carbocycles. The van der Waals surface area contributed by atoms with Crippen LogP contribution in [0.1, 0.15) is 16.1 Å². The molecule has 0 saturated heterocycles. The number of aromatic nitrogens is 1. The molecule has 0 spiro atoms. The van der Waals surface area contributed by atoms with Crippen molar-refractivity contribution in [2.45, 2.75) is 6.54 Å². The number of nitrogens with one attached hydrogen (secondary N) is 3. The number of rotatable bonds is 6. The Morgan fingerprint density at radius 2 is 1.93 bits per heavy atom. The SMILES string of the molecule is CN(C)CC(=O)Nc1cccc(CNC(=O)c2cc3cc(Cl)ccc3[nH]2)c1. The summed E-state index contributed by atoms with van der Waals surface area (Å²) < 4.78 is 0. The van der Waals surface area contributed by atoms with E-state index in [-0.39, 0.29) is 11.8 Å². The highest BCUT2D eigenvalue weighted by molar-refractivity contribution is 6.31. The summed E-state index contributed by atoms with van der Waals surface area (Å²) in [6, 6.07) is 14.6. The number of nitrogens with zero attached hydrogens (tertiary/aromatic N) is 1. The molecule has 3 aromatic rings. The predicted octanol–water partition coefficient (Wildman–Crippen LogP) is 3.25. The predicted molar refractivity (Wildman–Crippen MR) is 108 cm³/mol. The number of likely N-dealkylation sites (N-methyl/N-ethyl adjacent to an activating group) is 1. The summed E-state index contributed by atoms with van der Waals surface area (Å²) in [5, 5.41) is 7.24. The number of carbonyl (C=O) groups is 2. The third-order valence-corrected chi connectivity index (χ3v) is 4.19. The molecule has 0 fully saturated rings. The first kappa shape index (κ1) is 18.9. The van der Waals surface area contributed by atoms with E-state index < -0.39 is 0 Å². The second-order valence-electron chi connectivity index (χ2n) is 6.58. The maximum atomic E-state index is 12.4. The minimum Gasteiger partial charge on any atom is -0.351 e. The molecule has 0 saturated carbocycles. The third-order valence-electron chi connectivity index (χ3n) is 3.95. The van der Waals surface area contributed by atoms with Crippen LogP contribution in [0.5, 0.6) is 0 Å². The summed E-state index contributed by atoms with van der Waals surface area (Å²) in [7, 11) is 3.67. The maximum absolute atomic E-state index is 12.4. The molecule has 0 unspecified atom stereocenters. The van der Waals surface area contributed by atoms with Crippen LogP contribution in [-0.4, -0.2) is 42.3 Å². The van der Waals surface area contributed by atoms with E-state index in [0.29, 0.717) is 29.5 Å². The molecule has 3 rings (SSSR count). The molecule has 27 heavy (non-hydrogen) atoms. The van der Waals surface area contributed by atoms with Gasteiger partial charge in [0.15, 0.2) is 0 Å². The van der Waals surface area contributed by atoms with Crippen molar-refractivity contribution in [3.05, 3.63) is 64.8 Å². The van der Waals surface area contributed by atoms with Gasteiger partial charge < -0.3 is 20.5 Å². The molecule has 0 aliphatic heterocycles. The van der Waals surface area contributed by atoms with Gasteiger partial charge in [0.05, 0.1) is 6.54 Å². The molecule has 0 aliphatic rings. The molecule has 0 bridgehead atoms. The Kier molecular flexibility index (Phi) is 5.78. The molecular weight excluding hydrogens is 364 g/mol. The van der Waals surface area contributed by atoms with E-state index in [4.69, 9.17) is 11.6 Å². The highest BCUT2D eigenvalue weighted by atomic mass is 35.5. The van der Waals surface area contributed by atoms with Crippen LogP contribution in [0.4, 0.5) is 5.69 Å². The fourth-order valence-corrected chi connectivity index (χ4v) is 2.93. The Morgan fingerprint density at radius 3 is 2.70 bits per heavy atom.